The number of aromatic hydroxyl groups is 1. The van der Waals surface area contributed by atoms with Gasteiger partial charge in [-0.1, -0.05) is 12.1 Å². The Kier molecular flexibility index (Phi) is 8.47. The van der Waals surface area contributed by atoms with E-state index in [2.05, 4.69) is 15.6 Å². The van der Waals surface area contributed by atoms with Gasteiger partial charge in [-0.2, -0.15) is 0 Å². The number of nitrogens with zero attached hydrogens (tertiary/aromatic N) is 1. The highest BCUT2D eigenvalue weighted by Crippen LogP contribution is 2.22. The summed E-state index contributed by atoms with van der Waals surface area (Å²) in [5.41, 5.74) is 2.27. The minimum Gasteiger partial charge on any atom is -0.508 e. The third-order valence-electron chi connectivity index (χ3n) is 3.64. The van der Waals surface area contributed by atoms with Crippen molar-refractivity contribution in [2.45, 2.75) is 20.0 Å². The number of aliphatic imine (C=N–C) groups is 1. The van der Waals surface area contributed by atoms with E-state index in [-0.39, 0.29) is 35.5 Å². The van der Waals surface area contributed by atoms with Gasteiger partial charge in [-0.15, -0.1) is 24.0 Å². The summed E-state index contributed by atoms with van der Waals surface area (Å²) in [6, 6.07) is 10.0. The van der Waals surface area contributed by atoms with Crippen LogP contribution < -0.4 is 15.4 Å². The van der Waals surface area contributed by atoms with E-state index < -0.39 is 0 Å². The summed E-state index contributed by atoms with van der Waals surface area (Å²) >= 11 is 0. The average molecular weight is 459 g/mol. The number of benzene rings is 2. The van der Waals surface area contributed by atoms with Crippen molar-refractivity contribution in [1.82, 2.24) is 10.6 Å². The molecule has 0 saturated carbocycles. The second-order valence-electron chi connectivity index (χ2n) is 5.36. The maximum absolute atomic E-state index is 13.3. The Morgan fingerprint density at radius 1 is 1.16 bits per heavy atom. The first kappa shape index (κ1) is 21.0. The maximum Gasteiger partial charge on any atom is 0.191 e. The van der Waals surface area contributed by atoms with Crippen LogP contribution in [-0.4, -0.2) is 25.2 Å². The molecule has 0 spiro atoms. The van der Waals surface area contributed by atoms with Gasteiger partial charge < -0.3 is 20.5 Å². The second kappa shape index (κ2) is 10.1. The molecule has 0 amide bonds. The van der Waals surface area contributed by atoms with E-state index in [1.807, 2.05) is 0 Å². The maximum atomic E-state index is 13.3. The highest BCUT2D eigenvalue weighted by molar-refractivity contribution is 14.0. The van der Waals surface area contributed by atoms with Crippen LogP contribution in [0.1, 0.15) is 16.7 Å². The molecule has 0 aromatic heterocycles. The van der Waals surface area contributed by atoms with Gasteiger partial charge in [0.05, 0.1) is 7.11 Å². The molecular formula is C18H23FIN3O2. The van der Waals surface area contributed by atoms with Crippen LogP contribution in [0.3, 0.4) is 0 Å². The van der Waals surface area contributed by atoms with Crippen LogP contribution in [0.4, 0.5) is 4.39 Å². The third-order valence-corrected chi connectivity index (χ3v) is 3.64. The number of rotatable bonds is 5. The van der Waals surface area contributed by atoms with E-state index in [0.717, 1.165) is 5.56 Å². The summed E-state index contributed by atoms with van der Waals surface area (Å²) < 4.78 is 18.4. The van der Waals surface area contributed by atoms with Gasteiger partial charge in [0, 0.05) is 25.7 Å². The number of ether oxygens (including phenoxy) is 1. The molecule has 7 heteroatoms. The van der Waals surface area contributed by atoms with Gasteiger partial charge in [0.15, 0.2) is 5.96 Å². The Morgan fingerprint density at radius 2 is 1.88 bits per heavy atom. The lowest BCUT2D eigenvalue weighted by Crippen LogP contribution is -2.36. The Hall–Kier alpha value is -2.03. The number of halogens is 2. The van der Waals surface area contributed by atoms with Crippen molar-refractivity contribution in [2.24, 2.45) is 4.99 Å². The van der Waals surface area contributed by atoms with Gasteiger partial charge in [-0.25, -0.2) is 4.39 Å². The molecule has 0 aliphatic carbocycles. The Labute approximate surface area is 164 Å². The SMILES string of the molecule is CN=C(NCc1ccc(F)c(C)c1)NCc1cc(OC)ccc1O.I. The zero-order chi connectivity index (χ0) is 17.5. The summed E-state index contributed by atoms with van der Waals surface area (Å²) in [6.07, 6.45) is 0. The summed E-state index contributed by atoms with van der Waals surface area (Å²) in [7, 11) is 3.24. The van der Waals surface area contributed by atoms with Crippen LogP contribution >= 0.6 is 24.0 Å². The van der Waals surface area contributed by atoms with E-state index in [1.54, 1.807) is 51.4 Å². The van der Waals surface area contributed by atoms with Crippen LogP contribution in [-0.2, 0) is 13.1 Å². The molecule has 0 radical (unpaired) electrons. The fraction of sp³-hybridized carbons (Fsp3) is 0.278. The monoisotopic (exact) mass is 459 g/mol. The highest BCUT2D eigenvalue weighted by Gasteiger charge is 2.05. The molecule has 0 aliphatic heterocycles. The molecule has 0 heterocycles. The van der Waals surface area contributed by atoms with Crippen LogP contribution in [0.2, 0.25) is 0 Å². The average Bonchev–Trinajstić information content (AvgIpc) is 2.59. The van der Waals surface area contributed by atoms with Crippen molar-refractivity contribution in [3.05, 3.63) is 58.9 Å². The lowest BCUT2D eigenvalue weighted by Gasteiger charge is -2.13. The van der Waals surface area contributed by atoms with Crippen LogP contribution in [0.25, 0.3) is 0 Å². The molecule has 136 valence electrons. The lowest BCUT2D eigenvalue weighted by molar-refractivity contribution is 0.410. The number of phenolic OH excluding ortho intramolecular Hbond substituents is 1. The van der Waals surface area contributed by atoms with Gasteiger partial charge in [0.2, 0.25) is 0 Å². The highest BCUT2D eigenvalue weighted by atomic mass is 127. The van der Waals surface area contributed by atoms with E-state index in [9.17, 15) is 9.50 Å². The van der Waals surface area contributed by atoms with Crippen LogP contribution in [0.15, 0.2) is 41.4 Å². The molecular weight excluding hydrogens is 436 g/mol. The summed E-state index contributed by atoms with van der Waals surface area (Å²) in [4.78, 5) is 4.14. The summed E-state index contributed by atoms with van der Waals surface area (Å²) in [5, 5.41) is 16.2. The predicted molar refractivity (Wildman–Crippen MR) is 108 cm³/mol. The fourth-order valence-electron chi connectivity index (χ4n) is 2.23. The molecule has 0 atom stereocenters. The Bertz CT molecular complexity index is 738. The van der Waals surface area contributed by atoms with Crippen LogP contribution in [0, 0.1) is 12.7 Å². The quantitative estimate of drug-likeness (QED) is 0.365. The van der Waals surface area contributed by atoms with Crippen molar-refractivity contribution < 1.29 is 14.2 Å². The number of hydrogen-bond donors (Lipinski definition) is 3. The minimum atomic E-state index is -0.213. The standard InChI is InChI=1S/C18H22FN3O2.HI/c1-12-8-13(4-6-16(12)19)10-21-18(20-2)22-11-14-9-15(24-3)5-7-17(14)23;/h4-9,23H,10-11H2,1-3H3,(H2,20,21,22);1H. The molecule has 0 bridgehead atoms. The molecule has 25 heavy (non-hydrogen) atoms. The Morgan fingerprint density at radius 3 is 2.52 bits per heavy atom. The van der Waals surface area contributed by atoms with Crippen LogP contribution in [0.5, 0.6) is 11.5 Å². The number of aryl methyl sites for hydroxylation is 1. The van der Waals surface area contributed by atoms with Crippen molar-refractivity contribution in [1.29, 1.82) is 0 Å². The predicted octanol–water partition coefficient (Wildman–Crippen LogP) is 3.33. The fourth-order valence-corrected chi connectivity index (χ4v) is 2.23. The summed E-state index contributed by atoms with van der Waals surface area (Å²) in [5.74, 6) is 1.23. The van der Waals surface area contributed by atoms with Gasteiger partial charge in [0.1, 0.15) is 17.3 Å². The zero-order valence-corrected chi connectivity index (χ0v) is 16.8. The van der Waals surface area contributed by atoms with Crippen molar-refractivity contribution >= 4 is 29.9 Å². The van der Waals surface area contributed by atoms with E-state index >= 15 is 0 Å². The lowest BCUT2D eigenvalue weighted by atomic mass is 10.1. The molecule has 0 aliphatic rings. The second-order valence-corrected chi connectivity index (χ2v) is 5.36. The molecule has 0 fully saturated rings. The first-order valence-electron chi connectivity index (χ1n) is 7.59. The summed E-state index contributed by atoms with van der Waals surface area (Å²) in [6.45, 7) is 2.65. The van der Waals surface area contributed by atoms with Gasteiger partial charge >= 0.3 is 0 Å². The number of hydrogen-bond acceptors (Lipinski definition) is 3. The van der Waals surface area contributed by atoms with Crippen molar-refractivity contribution in [3.63, 3.8) is 0 Å². The number of guanidine groups is 1. The van der Waals surface area contributed by atoms with Crippen molar-refractivity contribution in [2.75, 3.05) is 14.2 Å². The smallest absolute Gasteiger partial charge is 0.191 e. The molecule has 5 nitrogen and oxygen atoms in total. The molecule has 2 aromatic carbocycles. The van der Waals surface area contributed by atoms with Crippen molar-refractivity contribution in [3.8, 4) is 11.5 Å². The number of phenols is 1. The number of methoxy groups -OCH3 is 1. The van der Waals surface area contributed by atoms with E-state index in [4.69, 9.17) is 4.74 Å². The molecule has 0 saturated heterocycles. The van der Waals surface area contributed by atoms with E-state index in [1.165, 1.54) is 6.07 Å². The molecule has 0 unspecified atom stereocenters. The number of nitrogens with one attached hydrogen (secondary N) is 2. The molecule has 2 rings (SSSR count). The topological polar surface area (TPSA) is 65.9 Å². The first-order valence-corrected chi connectivity index (χ1v) is 7.59. The van der Waals surface area contributed by atoms with Gasteiger partial charge in [0.25, 0.3) is 0 Å². The van der Waals surface area contributed by atoms with Gasteiger partial charge in [-0.3, -0.25) is 4.99 Å². The molecule has 3 N–H and O–H groups in total. The third kappa shape index (κ3) is 6.08. The largest absolute Gasteiger partial charge is 0.508 e. The zero-order valence-electron chi connectivity index (χ0n) is 14.5. The minimum absolute atomic E-state index is 0. The Balaban J connectivity index is 0.00000312. The van der Waals surface area contributed by atoms with Gasteiger partial charge in [-0.05, 0) is 42.3 Å². The normalized spacial score (nSPS) is 10.8. The molecule has 2 aromatic rings. The first-order chi connectivity index (χ1) is 11.5. The van der Waals surface area contributed by atoms with E-state index in [0.29, 0.717) is 35.9 Å².